The Bertz CT molecular complexity index is 594. The van der Waals surface area contributed by atoms with Crippen LogP contribution in [0.3, 0.4) is 0 Å². The first-order chi connectivity index (χ1) is 9.11. The summed E-state index contributed by atoms with van der Waals surface area (Å²) >= 11 is 0. The smallest absolute Gasteiger partial charge is 0.270 e. The standard InChI is InChI=1S/C12H14N4O3/c1-2-3-4-11-14-12(19-15-11)9-7-8(16(17)18)5-6-10(9)13/h5-7H,2-4,13H2,1H3. The van der Waals surface area contributed by atoms with Crippen molar-refractivity contribution in [2.45, 2.75) is 26.2 Å². The van der Waals surface area contributed by atoms with Crippen molar-refractivity contribution in [1.29, 1.82) is 0 Å². The van der Waals surface area contributed by atoms with Crippen molar-refractivity contribution in [1.82, 2.24) is 10.1 Å². The fourth-order valence-electron chi connectivity index (χ4n) is 1.64. The lowest BCUT2D eigenvalue weighted by atomic mass is 10.1. The maximum atomic E-state index is 10.7. The molecule has 0 aliphatic rings. The highest BCUT2D eigenvalue weighted by Gasteiger charge is 2.16. The molecule has 100 valence electrons. The molecule has 0 atom stereocenters. The Balaban J connectivity index is 2.32. The van der Waals surface area contributed by atoms with Gasteiger partial charge in [-0.2, -0.15) is 4.98 Å². The van der Waals surface area contributed by atoms with Crippen LogP contribution in [0.2, 0.25) is 0 Å². The number of benzene rings is 1. The van der Waals surface area contributed by atoms with Gasteiger partial charge in [0.05, 0.1) is 10.5 Å². The van der Waals surface area contributed by atoms with Crippen LogP contribution < -0.4 is 5.73 Å². The van der Waals surface area contributed by atoms with E-state index in [-0.39, 0.29) is 11.6 Å². The van der Waals surface area contributed by atoms with E-state index in [0.29, 0.717) is 17.1 Å². The fourth-order valence-corrected chi connectivity index (χ4v) is 1.64. The lowest BCUT2D eigenvalue weighted by Crippen LogP contribution is -1.94. The number of aromatic nitrogens is 2. The SMILES string of the molecule is CCCCc1noc(-c2cc([N+](=O)[O-])ccc2N)n1. The number of nitrogens with two attached hydrogens (primary N) is 1. The topological polar surface area (TPSA) is 108 Å². The summed E-state index contributed by atoms with van der Waals surface area (Å²) in [6, 6.07) is 4.14. The minimum Gasteiger partial charge on any atom is -0.398 e. The zero-order valence-electron chi connectivity index (χ0n) is 10.5. The maximum Gasteiger partial charge on any atom is 0.270 e. The summed E-state index contributed by atoms with van der Waals surface area (Å²) in [6.07, 6.45) is 2.71. The summed E-state index contributed by atoms with van der Waals surface area (Å²) in [5.41, 5.74) is 6.49. The van der Waals surface area contributed by atoms with E-state index in [2.05, 4.69) is 17.1 Å². The van der Waals surface area contributed by atoms with Gasteiger partial charge in [0.25, 0.3) is 11.6 Å². The van der Waals surface area contributed by atoms with Gasteiger partial charge in [0.2, 0.25) is 0 Å². The average molecular weight is 262 g/mol. The van der Waals surface area contributed by atoms with Gasteiger partial charge in [-0.25, -0.2) is 0 Å². The Morgan fingerprint density at radius 3 is 2.95 bits per heavy atom. The van der Waals surface area contributed by atoms with Crippen LogP contribution in [0.15, 0.2) is 22.7 Å². The van der Waals surface area contributed by atoms with Crippen LogP contribution in [0.25, 0.3) is 11.5 Å². The van der Waals surface area contributed by atoms with Crippen molar-refractivity contribution in [3.8, 4) is 11.5 Å². The number of nitro groups is 1. The summed E-state index contributed by atoms with van der Waals surface area (Å²) in [7, 11) is 0. The maximum absolute atomic E-state index is 10.7. The fraction of sp³-hybridized carbons (Fsp3) is 0.333. The second-order valence-corrected chi connectivity index (χ2v) is 4.15. The zero-order chi connectivity index (χ0) is 13.8. The molecule has 7 nitrogen and oxygen atoms in total. The average Bonchev–Trinajstić information content (AvgIpc) is 2.85. The van der Waals surface area contributed by atoms with Crippen molar-refractivity contribution in [2.24, 2.45) is 0 Å². The number of aryl methyl sites for hydroxylation is 1. The highest BCUT2D eigenvalue weighted by atomic mass is 16.6. The molecular formula is C12H14N4O3. The molecule has 7 heteroatoms. The van der Waals surface area contributed by atoms with E-state index in [1.165, 1.54) is 18.2 Å². The quantitative estimate of drug-likeness (QED) is 0.504. The number of nitro benzene ring substituents is 1. The number of nitrogen functional groups attached to an aromatic ring is 1. The number of hydrogen-bond acceptors (Lipinski definition) is 6. The van der Waals surface area contributed by atoms with Gasteiger partial charge in [0.15, 0.2) is 5.82 Å². The summed E-state index contributed by atoms with van der Waals surface area (Å²) in [5.74, 6) is 0.801. The van der Waals surface area contributed by atoms with Gasteiger partial charge in [-0.15, -0.1) is 0 Å². The van der Waals surface area contributed by atoms with E-state index in [0.717, 1.165) is 19.3 Å². The molecule has 1 aromatic heterocycles. The van der Waals surface area contributed by atoms with E-state index in [4.69, 9.17) is 10.3 Å². The third-order valence-electron chi connectivity index (χ3n) is 2.70. The van der Waals surface area contributed by atoms with Gasteiger partial charge in [-0.1, -0.05) is 18.5 Å². The Morgan fingerprint density at radius 2 is 2.26 bits per heavy atom. The number of hydrogen-bond donors (Lipinski definition) is 1. The zero-order valence-corrected chi connectivity index (χ0v) is 10.5. The number of anilines is 1. The Morgan fingerprint density at radius 1 is 1.47 bits per heavy atom. The van der Waals surface area contributed by atoms with Gasteiger partial charge < -0.3 is 10.3 Å². The van der Waals surface area contributed by atoms with Crippen LogP contribution in [0.4, 0.5) is 11.4 Å². The van der Waals surface area contributed by atoms with E-state index < -0.39 is 4.92 Å². The van der Waals surface area contributed by atoms with Crippen molar-refractivity contribution < 1.29 is 9.45 Å². The first-order valence-electron chi connectivity index (χ1n) is 5.98. The van der Waals surface area contributed by atoms with E-state index in [1.807, 2.05) is 0 Å². The molecule has 0 fully saturated rings. The van der Waals surface area contributed by atoms with Crippen molar-refractivity contribution in [3.63, 3.8) is 0 Å². The third kappa shape index (κ3) is 2.87. The van der Waals surface area contributed by atoms with Crippen molar-refractivity contribution in [3.05, 3.63) is 34.1 Å². The molecule has 2 aromatic rings. The molecule has 0 aliphatic heterocycles. The van der Waals surface area contributed by atoms with Crippen LogP contribution in [-0.4, -0.2) is 15.1 Å². The summed E-state index contributed by atoms with van der Waals surface area (Å²) in [6.45, 7) is 2.07. The molecule has 2 rings (SSSR count). The van der Waals surface area contributed by atoms with Gasteiger partial charge in [0.1, 0.15) is 0 Å². The molecule has 0 saturated heterocycles. The molecule has 19 heavy (non-hydrogen) atoms. The minimum absolute atomic E-state index is 0.0579. The van der Waals surface area contributed by atoms with Crippen LogP contribution in [0.5, 0.6) is 0 Å². The first-order valence-corrected chi connectivity index (χ1v) is 5.98. The number of unbranched alkanes of at least 4 members (excludes halogenated alkanes) is 1. The highest BCUT2D eigenvalue weighted by molar-refractivity contribution is 5.73. The van der Waals surface area contributed by atoms with E-state index in [1.54, 1.807) is 0 Å². The van der Waals surface area contributed by atoms with Crippen LogP contribution in [0, 0.1) is 10.1 Å². The number of rotatable bonds is 5. The Kier molecular flexibility index (Phi) is 3.74. The normalized spacial score (nSPS) is 10.6. The summed E-state index contributed by atoms with van der Waals surface area (Å²) < 4.78 is 5.10. The second kappa shape index (κ2) is 5.47. The van der Waals surface area contributed by atoms with Gasteiger partial charge in [-0.05, 0) is 12.5 Å². The number of nitrogens with zero attached hydrogens (tertiary/aromatic N) is 3. The van der Waals surface area contributed by atoms with Crippen LogP contribution in [0.1, 0.15) is 25.6 Å². The molecular weight excluding hydrogens is 248 g/mol. The highest BCUT2D eigenvalue weighted by Crippen LogP contribution is 2.28. The van der Waals surface area contributed by atoms with Crippen molar-refractivity contribution >= 4 is 11.4 Å². The second-order valence-electron chi connectivity index (χ2n) is 4.15. The number of non-ortho nitro benzene ring substituents is 1. The molecule has 0 spiro atoms. The molecule has 0 amide bonds. The predicted octanol–water partition coefficient (Wildman–Crippen LogP) is 2.57. The molecule has 0 radical (unpaired) electrons. The minimum atomic E-state index is -0.489. The largest absolute Gasteiger partial charge is 0.398 e. The molecule has 0 bridgehead atoms. The lowest BCUT2D eigenvalue weighted by Gasteiger charge is -1.99. The van der Waals surface area contributed by atoms with Crippen LogP contribution >= 0.6 is 0 Å². The summed E-state index contributed by atoms with van der Waals surface area (Å²) in [5, 5.41) is 14.6. The Labute approximate surface area is 109 Å². The molecule has 1 heterocycles. The molecule has 0 aliphatic carbocycles. The van der Waals surface area contributed by atoms with Gasteiger partial charge >= 0.3 is 0 Å². The van der Waals surface area contributed by atoms with Gasteiger partial charge in [-0.3, -0.25) is 10.1 Å². The molecule has 2 N–H and O–H groups in total. The summed E-state index contributed by atoms with van der Waals surface area (Å²) in [4.78, 5) is 14.5. The molecule has 0 unspecified atom stereocenters. The Hall–Kier alpha value is -2.44. The van der Waals surface area contributed by atoms with E-state index >= 15 is 0 Å². The predicted molar refractivity (Wildman–Crippen MR) is 69.4 cm³/mol. The first kappa shape index (κ1) is 13.0. The van der Waals surface area contributed by atoms with Crippen LogP contribution in [-0.2, 0) is 6.42 Å². The lowest BCUT2D eigenvalue weighted by molar-refractivity contribution is -0.384. The van der Waals surface area contributed by atoms with Gasteiger partial charge in [0, 0.05) is 24.2 Å². The third-order valence-corrected chi connectivity index (χ3v) is 2.70. The molecule has 1 aromatic carbocycles. The molecule has 0 saturated carbocycles. The van der Waals surface area contributed by atoms with E-state index in [9.17, 15) is 10.1 Å². The monoisotopic (exact) mass is 262 g/mol. The van der Waals surface area contributed by atoms with Crippen molar-refractivity contribution in [2.75, 3.05) is 5.73 Å².